The number of benzene rings is 1. The molecule has 4 heteroatoms. The third-order valence-electron chi connectivity index (χ3n) is 1.95. The van der Waals surface area contributed by atoms with Crippen LogP contribution in [-0.2, 0) is 0 Å². The van der Waals surface area contributed by atoms with Crippen LogP contribution < -0.4 is 15.8 Å². The zero-order valence-electron chi connectivity index (χ0n) is 11.8. The standard InChI is InChI=1S/C14H23N3O/c1-10(2)18-12-8-6-11(7-9-12)16-13(15)17-14(3,4)5/h6-10H,1-5H3,(H3,15,16,17). The normalized spacial score (nSPS) is 12.7. The summed E-state index contributed by atoms with van der Waals surface area (Å²) in [5.74, 6) is 1.27. The highest BCUT2D eigenvalue weighted by atomic mass is 16.5. The maximum atomic E-state index is 5.82. The molecule has 1 aromatic carbocycles. The Labute approximate surface area is 109 Å². The Hall–Kier alpha value is -1.71. The van der Waals surface area contributed by atoms with E-state index in [0.717, 1.165) is 11.4 Å². The molecule has 0 saturated heterocycles. The Morgan fingerprint density at radius 3 is 2.22 bits per heavy atom. The van der Waals surface area contributed by atoms with E-state index in [1.807, 2.05) is 58.9 Å². The van der Waals surface area contributed by atoms with Crippen LogP contribution >= 0.6 is 0 Å². The maximum Gasteiger partial charge on any atom is 0.193 e. The minimum atomic E-state index is -0.183. The third-order valence-corrected chi connectivity index (χ3v) is 1.95. The number of hydrogen-bond donors (Lipinski definition) is 2. The first-order chi connectivity index (χ1) is 8.26. The molecule has 1 rings (SSSR count). The molecule has 3 N–H and O–H groups in total. The summed E-state index contributed by atoms with van der Waals surface area (Å²) in [6, 6.07) is 7.66. The van der Waals surface area contributed by atoms with Gasteiger partial charge >= 0.3 is 0 Å². The molecule has 0 fully saturated rings. The number of aliphatic imine (C=N–C) groups is 1. The van der Waals surface area contributed by atoms with Crippen molar-refractivity contribution in [1.29, 1.82) is 0 Å². The van der Waals surface area contributed by atoms with Gasteiger partial charge < -0.3 is 15.8 Å². The van der Waals surface area contributed by atoms with E-state index in [2.05, 4.69) is 10.3 Å². The molecule has 0 aliphatic rings. The molecular formula is C14H23N3O. The van der Waals surface area contributed by atoms with Crippen molar-refractivity contribution in [3.05, 3.63) is 24.3 Å². The van der Waals surface area contributed by atoms with Gasteiger partial charge in [-0.15, -0.1) is 0 Å². The monoisotopic (exact) mass is 249 g/mol. The molecule has 4 nitrogen and oxygen atoms in total. The van der Waals surface area contributed by atoms with E-state index in [4.69, 9.17) is 10.5 Å². The van der Waals surface area contributed by atoms with E-state index in [0.29, 0.717) is 5.96 Å². The molecule has 0 aliphatic heterocycles. The van der Waals surface area contributed by atoms with Crippen molar-refractivity contribution in [2.45, 2.75) is 46.3 Å². The van der Waals surface area contributed by atoms with Crippen LogP contribution in [-0.4, -0.2) is 17.6 Å². The van der Waals surface area contributed by atoms with E-state index in [-0.39, 0.29) is 11.6 Å². The largest absolute Gasteiger partial charge is 0.491 e. The second kappa shape index (κ2) is 5.76. The number of ether oxygens (including phenoxy) is 1. The van der Waals surface area contributed by atoms with Gasteiger partial charge in [0, 0.05) is 5.69 Å². The van der Waals surface area contributed by atoms with E-state index in [1.54, 1.807) is 0 Å². The van der Waals surface area contributed by atoms with E-state index in [1.165, 1.54) is 0 Å². The Bertz CT molecular complexity index is 402. The zero-order valence-corrected chi connectivity index (χ0v) is 11.8. The topological polar surface area (TPSA) is 59.6 Å². The van der Waals surface area contributed by atoms with Gasteiger partial charge in [-0.1, -0.05) is 0 Å². The first-order valence-electron chi connectivity index (χ1n) is 6.15. The van der Waals surface area contributed by atoms with Crippen molar-refractivity contribution >= 4 is 11.6 Å². The molecule has 0 bridgehead atoms. The molecule has 0 atom stereocenters. The number of nitrogens with one attached hydrogen (secondary N) is 1. The van der Waals surface area contributed by atoms with Crippen LogP contribution in [0.4, 0.5) is 5.69 Å². The first kappa shape index (κ1) is 14.4. The molecule has 0 aromatic heterocycles. The van der Waals surface area contributed by atoms with Crippen LogP contribution in [0.15, 0.2) is 29.3 Å². The minimum absolute atomic E-state index is 0.177. The van der Waals surface area contributed by atoms with Crippen molar-refractivity contribution in [1.82, 2.24) is 0 Å². The van der Waals surface area contributed by atoms with Gasteiger partial charge in [-0.05, 0) is 58.9 Å². The Morgan fingerprint density at radius 1 is 1.22 bits per heavy atom. The number of nitrogens with two attached hydrogens (primary N) is 1. The van der Waals surface area contributed by atoms with Gasteiger partial charge in [0.1, 0.15) is 5.75 Å². The number of hydrogen-bond acceptors (Lipinski definition) is 2. The van der Waals surface area contributed by atoms with Gasteiger partial charge in [0.15, 0.2) is 5.96 Å². The lowest BCUT2D eigenvalue weighted by Gasteiger charge is -2.15. The fourth-order valence-corrected chi connectivity index (χ4v) is 1.43. The van der Waals surface area contributed by atoms with Crippen molar-refractivity contribution in [3.63, 3.8) is 0 Å². The molecule has 0 amide bonds. The van der Waals surface area contributed by atoms with Gasteiger partial charge in [0.05, 0.1) is 11.6 Å². The van der Waals surface area contributed by atoms with Crippen LogP contribution in [0.1, 0.15) is 34.6 Å². The fourth-order valence-electron chi connectivity index (χ4n) is 1.43. The second-order valence-corrected chi connectivity index (χ2v) is 5.48. The highest BCUT2D eigenvalue weighted by Gasteiger charge is 2.08. The lowest BCUT2D eigenvalue weighted by atomic mass is 10.1. The summed E-state index contributed by atoms with van der Waals surface area (Å²) in [5, 5.41) is 3.05. The lowest BCUT2D eigenvalue weighted by molar-refractivity contribution is 0.242. The number of guanidine groups is 1. The molecule has 0 heterocycles. The second-order valence-electron chi connectivity index (χ2n) is 5.48. The lowest BCUT2D eigenvalue weighted by Crippen LogP contribution is -2.27. The van der Waals surface area contributed by atoms with Crippen LogP contribution in [0, 0.1) is 0 Å². The fraction of sp³-hybridized carbons (Fsp3) is 0.500. The summed E-state index contributed by atoms with van der Waals surface area (Å²) in [6.07, 6.45) is 0.177. The molecule has 0 spiro atoms. The number of anilines is 1. The van der Waals surface area contributed by atoms with Crippen molar-refractivity contribution in [2.75, 3.05) is 5.32 Å². The van der Waals surface area contributed by atoms with E-state index in [9.17, 15) is 0 Å². The van der Waals surface area contributed by atoms with Crippen LogP contribution in [0.25, 0.3) is 0 Å². The van der Waals surface area contributed by atoms with Gasteiger partial charge in [0.25, 0.3) is 0 Å². The van der Waals surface area contributed by atoms with Gasteiger partial charge in [-0.3, -0.25) is 0 Å². The summed E-state index contributed by atoms with van der Waals surface area (Å²) >= 11 is 0. The number of nitrogens with zero attached hydrogens (tertiary/aromatic N) is 1. The zero-order chi connectivity index (χ0) is 13.8. The highest BCUT2D eigenvalue weighted by molar-refractivity contribution is 5.92. The molecule has 0 aliphatic carbocycles. The Kier molecular flexibility index (Phi) is 4.59. The smallest absolute Gasteiger partial charge is 0.193 e. The molecule has 0 saturated carbocycles. The predicted molar refractivity (Wildman–Crippen MR) is 77.2 cm³/mol. The van der Waals surface area contributed by atoms with Gasteiger partial charge in [-0.2, -0.15) is 0 Å². The molecule has 0 radical (unpaired) electrons. The van der Waals surface area contributed by atoms with Gasteiger partial charge in [-0.25, -0.2) is 4.99 Å². The summed E-state index contributed by atoms with van der Waals surface area (Å²) < 4.78 is 5.57. The van der Waals surface area contributed by atoms with Crippen LogP contribution in [0.3, 0.4) is 0 Å². The first-order valence-corrected chi connectivity index (χ1v) is 6.15. The maximum absolute atomic E-state index is 5.82. The molecule has 18 heavy (non-hydrogen) atoms. The molecule has 100 valence electrons. The van der Waals surface area contributed by atoms with Crippen LogP contribution in [0.5, 0.6) is 5.75 Å². The summed E-state index contributed by atoms with van der Waals surface area (Å²) in [5.41, 5.74) is 6.54. The van der Waals surface area contributed by atoms with Crippen LogP contribution in [0.2, 0.25) is 0 Å². The predicted octanol–water partition coefficient (Wildman–Crippen LogP) is 3.00. The van der Waals surface area contributed by atoms with E-state index >= 15 is 0 Å². The Morgan fingerprint density at radius 2 is 1.78 bits per heavy atom. The molecule has 1 aromatic rings. The average Bonchev–Trinajstić information content (AvgIpc) is 2.17. The molecule has 0 unspecified atom stereocenters. The highest BCUT2D eigenvalue weighted by Crippen LogP contribution is 2.17. The minimum Gasteiger partial charge on any atom is -0.491 e. The number of rotatable bonds is 3. The van der Waals surface area contributed by atoms with Crippen molar-refractivity contribution in [2.24, 2.45) is 10.7 Å². The average molecular weight is 249 g/mol. The van der Waals surface area contributed by atoms with E-state index < -0.39 is 0 Å². The quantitative estimate of drug-likeness (QED) is 0.639. The third kappa shape index (κ3) is 5.57. The van der Waals surface area contributed by atoms with Gasteiger partial charge in [0.2, 0.25) is 0 Å². The summed E-state index contributed by atoms with van der Waals surface area (Å²) in [6.45, 7) is 10.0. The summed E-state index contributed by atoms with van der Waals surface area (Å²) in [4.78, 5) is 4.33. The SMILES string of the molecule is CC(C)Oc1ccc(NC(N)=NC(C)(C)C)cc1. The molecular weight excluding hydrogens is 226 g/mol. The summed E-state index contributed by atoms with van der Waals surface area (Å²) in [7, 11) is 0. The Balaban J connectivity index is 2.67. The van der Waals surface area contributed by atoms with Crippen molar-refractivity contribution < 1.29 is 4.74 Å². The van der Waals surface area contributed by atoms with Crippen molar-refractivity contribution in [3.8, 4) is 5.75 Å².